The highest BCUT2D eigenvalue weighted by atomic mass is 32.2. The molecule has 1 aliphatic heterocycles. The molecule has 0 saturated heterocycles. The normalized spacial score (nSPS) is 14.7. The number of carboxylic acid groups (broad SMARTS) is 1. The van der Waals surface area contributed by atoms with Crippen molar-refractivity contribution in [3.63, 3.8) is 0 Å². The van der Waals surface area contributed by atoms with Gasteiger partial charge in [0.25, 0.3) is 5.91 Å². The maximum absolute atomic E-state index is 12.2. The fraction of sp³-hybridized carbons (Fsp3) is 0.467. The van der Waals surface area contributed by atoms with Crippen molar-refractivity contribution in [1.82, 2.24) is 5.32 Å². The smallest absolute Gasteiger partial charge is 0.326 e. The van der Waals surface area contributed by atoms with Crippen LogP contribution in [0.3, 0.4) is 0 Å². The van der Waals surface area contributed by atoms with E-state index in [1.807, 2.05) is 6.26 Å². The van der Waals surface area contributed by atoms with Crippen molar-refractivity contribution >= 4 is 23.6 Å². The molecule has 2 rings (SSSR count). The lowest BCUT2D eigenvalue weighted by atomic mass is 10.0. The molecule has 1 aromatic carbocycles. The van der Waals surface area contributed by atoms with E-state index >= 15 is 0 Å². The van der Waals surface area contributed by atoms with E-state index in [4.69, 9.17) is 9.84 Å². The van der Waals surface area contributed by atoms with Crippen LogP contribution in [0.25, 0.3) is 0 Å². The molecule has 0 spiro atoms. The first-order valence-electron chi connectivity index (χ1n) is 6.90. The molecule has 5 nitrogen and oxygen atoms in total. The highest BCUT2D eigenvalue weighted by Crippen LogP contribution is 2.25. The van der Waals surface area contributed by atoms with Gasteiger partial charge in [-0.05, 0) is 55.0 Å². The highest BCUT2D eigenvalue weighted by molar-refractivity contribution is 7.98. The molecule has 0 aliphatic carbocycles. The Morgan fingerprint density at radius 2 is 2.29 bits per heavy atom. The molecule has 1 amide bonds. The number of carbonyl (C=O) groups excluding carboxylic acids is 1. The third-order valence-corrected chi connectivity index (χ3v) is 4.03. The molecule has 1 aliphatic rings. The molecule has 0 saturated carbocycles. The van der Waals surface area contributed by atoms with E-state index < -0.39 is 12.0 Å². The van der Waals surface area contributed by atoms with Crippen molar-refractivity contribution in [1.29, 1.82) is 0 Å². The summed E-state index contributed by atoms with van der Waals surface area (Å²) >= 11 is 1.56. The van der Waals surface area contributed by atoms with Crippen molar-refractivity contribution < 1.29 is 19.4 Å². The van der Waals surface area contributed by atoms with Gasteiger partial charge in [0.2, 0.25) is 0 Å². The Bertz CT molecular complexity index is 532. The molecule has 2 N–H and O–H groups in total. The van der Waals surface area contributed by atoms with E-state index in [-0.39, 0.29) is 5.91 Å². The molecule has 1 atom stereocenters. The maximum atomic E-state index is 12.2. The average molecular weight is 309 g/mol. The van der Waals surface area contributed by atoms with Crippen LogP contribution < -0.4 is 10.1 Å². The quantitative estimate of drug-likeness (QED) is 0.840. The van der Waals surface area contributed by atoms with Crippen molar-refractivity contribution in [2.45, 2.75) is 25.3 Å². The van der Waals surface area contributed by atoms with Gasteiger partial charge in [-0.3, -0.25) is 4.79 Å². The number of thioether (sulfide) groups is 1. The zero-order chi connectivity index (χ0) is 15.2. The number of aryl methyl sites for hydroxylation is 1. The van der Waals surface area contributed by atoms with E-state index in [1.54, 1.807) is 30.0 Å². The predicted octanol–water partition coefficient (Wildman–Crippen LogP) is 1.95. The Morgan fingerprint density at radius 1 is 1.48 bits per heavy atom. The number of fused-ring (bicyclic) bond motifs is 1. The first kappa shape index (κ1) is 15.7. The zero-order valence-electron chi connectivity index (χ0n) is 11.9. The summed E-state index contributed by atoms with van der Waals surface area (Å²) in [5.74, 6) is 0.153. The SMILES string of the molecule is CSCC[C@H](NC(=O)c1ccc2c(c1)CCCO2)C(=O)O. The molecule has 114 valence electrons. The summed E-state index contributed by atoms with van der Waals surface area (Å²) in [6.45, 7) is 0.703. The number of ether oxygens (including phenoxy) is 1. The number of benzene rings is 1. The summed E-state index contributed by atoms with van der Waals surface area (Å²) in [4.78, 5) is 23.3. The standard InChI is InChI=1S/C15H19NO4S/c1-21-8-6-12(15(18)19)16-14(17)11-4-5-13-10(9-11)3-2-7-20-13/h4-5,9,12H,2-3,6-8H2,1H3,(H,16,17)(H,18,19)/t12-/m0/s1. The van der Waals surface area contributed by atoms with Crippen LogP contribution in [0.1, 0.15) is 28.8 Å². The summed E-state index contributed by atoms with van der Waals surface area (Å²) in [7, 11) is 0. The number of carboxylic acids is 1. The van der Waals surface area contributed by atoms with Gasteiger partial charge < -0.3 is 15.2 Å². The van der Waals surface area contributed by atoms with Gasteiger partial charge in [-0.15, -0.1) is 0 Å². The van der Waals surface area contributed by atoms with Crippen LogP contribution in [-0.4, -0.2) is 41.6 Å². The van der Waals surface area contributed by atoms with Crippen LogP contribution >= 0.6 is 11.8 Å². The molecular formula is C15H19NO4S. The van der Waals surface area contributed by atoms with Gasteiger partial charge in [0.1, 0.15) is 11.8 Å². The van der Waals surface area contributed by atoms with Crippen LogP contribution in [0.15, 0.2) is 18.2 Å². The number of amides is 1. The first-order chi connectivity index (χ1) is 10.1. The lowest BCUT2D eigenvalue weighted by Gasteiger charge is -2.18. The van der Waals surface area contributed by atoms with Crippen LogP contribution in [0.2, 0.25) is 0 Å². The Balaban J connectivity index is 2.06. The van der Waals surface area contributed by atoms with Gasteiger partial charge in [-0.2, -0.15) is 11.8 Å². The molecular weight excluding hydrogens is 290 g/mol. The van der Waals surface area contributed by atoms with Gasteiger partial charge in [0.15, 0.2) is 0 Å². The highest BCUT2D eigenvalue weighted by Gasteiger charge is 2.21. The number of hydrogen-bond donors (Lipinski definition) is 2. The number of aliphatic carboxylic acids is 1. The predicted molar refractivity (Wildman–Crippen MR) is 82.1 cm³/mol. The van der Waals surface area contributed by atoms with Gasteiger partial charge in [0, 0.05) is 5.56 Å². The molecule has 1 heterocycles. The van der Waals surface area contributed by atoms with Crippen molar-refractivity contribution in [2.24, 2.45) is 0 Å². The largest absolute Gasteiger partial charge is 0.493 e. The van der Waals surface area contributed by atoms with Crippen molar-refractivity contribution in [3.05, 3.63) is 29.3 Å². The van der Waals surface area contributed by atoms with E-state index in [9.17, 15) is 9.59 Å². The summed E-state index contributed by atoms with van der Waals surface area (Å²) in [5, 5.41) is 11.7. The van der Waals surface area contributed by atoms with Crippen molar-refractivity contribution in [3.8, 4) is 5.75 Å². The minimum atomic E-state index is -1.00. The Hall–Kier alpha value is -1.69. The summed E-state index contributed by atoms with van der Waals surface area (Å²) in [6.07, 6.45) is 4.13. The van der Waals surface area contributed by atoms with E-state index in [0.717, 1.165) is 24.2 Å². The zero-order valence-corrected chi connectivity index (χ0v) is 12.7. The third-order valence-electron chi connectivity index (χ3n) is 3.38. The summed E-state index contributed by atoms with van der Waals surface area (Å²) in [6, 6.07) is 4.39. The van der Waals surface area contributed by atoms with Crippen LogP contribution in [0.4, 0.5) is 0 Å². The molecule has 0 bridgehead atoms. The average Bonchev–Trinajstić information content (AvgIpc) is 2.50. The van der Waals surface area contributed by atoms with Crippen molar-refractivity contribution in [2.75, 3.05) is 18.6 Å². The first-order valence-corrected chi connectivity index (χ1v) is 8.29. The fourth-order valence-electron chi connectivity index (χ4n) is 2.24. The number of rotatable bonds is 6. The maximum Gasteiger partial charge on any atom is 0.326 e. The molecule has 1 aromatic rings. The van der Waals surface area contributed by atoms with Gasteiger partial charge in [-0.1, -0.05) is 0 Å². The lowest BCUT2D eigenvalue weighted by Crippen LogP contribution is -2.41. The molecule has 21 heavy (non-hydrogen) atoms. The topological polar surface area (TPSA) is 75.6 Å². The van der Waals surface area contributed by atoms with Gasteiger partial charge >= 0.3 is 5.97 Å². The number of carbonyl (C=O) groups is 2. The minimum Gasteiger partial charge on any atom is -0.493 e. The van der Waals surface area contributed by atoms with Crippen LogP contribution in [0, 0.1) is 0 Å². The van der Waals surface area contributed by atoms with Crippen LogP contribution in [0.5, 0.6) is 5.75 Å². The molecule has 6 heteroatoms. The van der Waals surface area contributed by atoms with Gasteiger partial charge in [0.05, 0.1) is 6.61 Å². The summed E-state index contributed by atoms with van der Waals surface area (Å²) in [5.41, 5.74) is 1.49. The minimum absolute atomic E-state index is 0.350. The van der Waals surface area contributed by atoms with E-state index in [2.05, 4.69) is 5.32 Å². The lowest BCUT2D eigenvalue weighted by molar-refractivity contribution is -0.139. The Kier molecular flexibility index (Phi) is 5.50. The molecule has 0 aromatic heterocycles. The van der Waals surface area contributed by atoms with E-state index in [0.29, 0.717) is 24.3 Å². The fourth-order valence-corrected chi connectivity index (χ4v) is 2.71. The monoisotopic (exact) mass is 309 g/mol. The second-order valence-corrected chi connectivity index (χ2v) is 5.91. The number of nitrogens with one attached hydrogen (secondary N) is 1. The number of hydrogen-bond acceptors (Lipinski definition) is 4. The second kappa shape index (κ2) is 7.36. The third kappa shape index (κ3) is 4.14. The molecule has 0 unspecified atom stereocenters. The second-order valence-electron chi connectivity index (χ2n) is 4.92. The van der Waals surface area contributed by atoms with Gasteiger partial charge in [-0.25, -0.2) is 4.79 Å². The molecule has 0 fully saturated rings. The van der Waals surface area contributed by atoms with Crippen LogP contribution in [-0.2, 0) is 11.2 Å². The Morgan fingerprint density at radius 3 is 3.00 bits per heavy atom. The summed E-state index contributed by atoms with van der Waals surface area (Å²) < 4.78 is 5.50. The molecule has 0 radical (unpaired) electrons. The van der Waals surface area contributed by atoms with E-state index in [1.165, 1.54) is 0 Å². The Labute approximate surface area is 128 Å².